The Hall–Kier alpha value is -1.30. The van der Waals surface area contributed by atoms with Gasteiger partial charge in [-0.25, -0.2) is 9.59 Å². The summed E-state index contributed by atoms with van der Waals surface area (Å²) in [5.41, 5.74) is -1.63. The summed E-state index contributed by atoms with van der Waals surface area (Å²) in [4.78, 5) is 25.9. The minimum Gasteiger partial charge on any atom is -0.479 e. The molecule has 0 radical (unpaired) electrons. The lowest BCUT2D eigenvalue weighted by Gasteiger charge is -2.36. The van der Waals surface area contributed by atoms with Gasteiger partial charge in [0.25, 0.3) is 0 Å². The Morgan fingerprint density at radius 1 is 1.21 bits per heavy atom. The van der Waals surface area contributed by atoms with Crippen molar-refractivity contribution in [3.8, 4) is 0 Å². The number of rotatable bonds is 3. The fourth-order valence-electron chi connectivity index (χ4n) is 3.86. The zero-order valence-corrected chi connectivity index (χ0v) is 15.5. The van der Waals surface area contributed by atoms with Gasteiger partial charge in [-0.15, -0.1) is 0 Å². The van der Waals surface area contributed by atoms with Crippen LogP contribution in [0.15, 0.2) is 0 Å². The van der Waals surface area contributed by atoms with Crippen molar-refractivity contribution in [2.45, 2.75) is 96.6 Å². The zero-order chi connectivity index (χ0) is 18.1. The highest BCUT2D eigenvalue weighted by Crippen LogP contribution is 2.39. The quantitative estimate of drug-likeness (QED) is 0.845. The number of carbonyl (C=O) groups excluding carboxylic acids is 1. The van der Waals surface area contributed by atoms with Crippen molar-refractivity contribution in [2.24, 2.45) is 5.92 Å². The molecule has 0 aromatic carbocycles. The highest BCUT2D eigenvalue weighted by Gasteiger charge is 2.54. The molecule has 1 unspecified atom stereocenters. The topological polar surface area (TPSA) is 76.1 Å². The van der Waals surface area contributed by atoms with Crippen LogP contribution in [0, 0.1) is 5.92 Å². The van der Waals surface area contributed by atoms with Crippen LogP contribution in [0.3, 0.4) is 0 Å². The van der Waals surface area contributed by atoms with Crippen molar-refractivity contribution >= 4 is 12.1 Å². The SMILES string of the molecule is CC(C)(C)OC(=O)N1[C@H](CC2CCCCC2)C(C(=O)O)OC1(C)C. The van der Waals surface area contributed by atoms with Gasteiger partial charge in [0.15, 0.2) is 6.10 Å². The van der Waals surface area contributed by atoms with Crippen LogP contribution in [0.5, 0.6) is 0 Å². The molecule has 1 N–H and O–H groups in total. The largest absolute Gasteiger partial charge is 0.479 e. The molecule has 2 aliphatic rings. The molecule has 0 aromatic heterocycles. The summed E-state index contributed by atoms with van der Waals surface area (Å²) >= 11 is 0. The standard InChI is InChI=1S/C18H31NO5/c1-17(2,3)24-16(22)19-13(11-12-9-7-6-8-10-12)14(15(20)21)23-18(19,4)5/h12-14H,6-11H2,1-5H3,(H,20,21)/t13-,14?/m1/s1. The van der Waals surface area contributed by atoms with Crippen molar-refractivity contribution in [1.29, 1.82) is 0 Å². The highest BCUT2D eigenvalue weighted by molar-refractivity contribution is 5.77. The molecule has 6 heteroatoms. The Bertz CT molecular complexity index is 476. The normalized spacial score (nSPS) is 28.0. The van der Waals surface area contributed by atoms with Gasteiger partial charge < -0.3 is 14.6 Å². The summed E-state index contributed by atoms with van der Waals surface area (Å²) < 4.78 is 11.3. The molecule has 1 aliphatic heterocycles. The number of hydrogen-bond donors (Lipinski definition) is 1. The number of carbonyl (C=O) groups is 2. The highest BCUT2D eigenvalue weighted by atomic mass is 16.6. The summed E-state index contributed by atoms with van der Waals surface area (Å²) in [6.07, 6.45) is 4.90. The lowest BCUT2D eigenvalue weighted by molar-refractivity contribution is -0.155. The van der Waals surface area contributed by atoms with E-state index in [0.717, 1.165) is 12.8 Å². The third kappa shape index (κ3) is 4.41. The molecule has 24 heavy (non-hydrogen) atoms. The van der Waals surface area contributed by atoms with E-state index in [1.165, 1.54) is 24.2 Å². The van der Waals surface area contributed by atoms with Gasteiger partial charge in [-0.2, -0.15) is 0 Å². The zero-order valence-electron chi connectivity index (χ0n) is 15.5. The second-order valence-electron chi connectivity index (χ2n) is 8.48. The number of nitrogens with zero attached hydrogens (tertiary/aromatic N) is 1. The molecule has 1 amide bonds. The maximum atomic E-state index is 12.7. The smallest absolute Gasteiger partial charge is 0.412 e. The van der Waals surface area contributed by atoms with E-state index in [4.69, 9.17) is 9.47 Å². The molecule has 6 nitrogen and oxygen atoms in total. The number of hydrogen-bond acceptors (Lipinski definition) is 4. The third-order valence-corrected chi connectivity index (χ3v) is 4.81. The number of carboxylic acids is 1. The van der Waals surface area contributed by atoms with Gasteiger partial charge in [-0.05, 0) is 47.0 Å². The van der Waals surface area contributed by atoms with E-state index in [9.17, 15) is 14.7 Å². The Balaban J connectivity index is 2.23. The molecule has 0 bridgehead atoms. The molecule has 2 fully saturated rings. The van der Waals surface area contributed by atoms with Crippen LogP contribution in [0.1, 0.15) is 73.1 Å². The first-order valence-electron chi connectivity index (χ1n) is 8.94. The van der Waals surface area contributed by atoms with E-state index < -0.39 is 35.5 Å². The molecule has 0 aromatic rings. The van der Waals surface area contributed by atoms with Crippen LogP contribution in [0.4, 0.5) is 4.79 Å². The van der Waals surface area contributed by atoms with Gasteiger partial charge in [0.2, 0.25) is 0 Å². The second kappa shape index (κ2) is 6.90. The van der Waals surface area contributed by atoms with Crippen LogP contribution in [0.2, 0.25) is 0 Å². The first-order chi connectivity index (χ1) is 11.0. The molecular weight excluding hydrogens is 310 g/mol. The molecular formula is C18H31NO5. The first kappa shape index (κ1) is 19.0. The van der Waals surface area contributed by atoms with E-state index in [1.807, 2.05) is 0 Å². The van der Waals surface area contributed by atoms with E-state index in [0.29, 0.717) is 12.3 Å². The molecule has 1 saturated carbocycles. The van der Waals surface area contributed by atoms with Gasteiger partial charge in [0.05, 0.1) is 6.04 Å². The molecule has 1 aliphatic carbocycles. The summed E-state index contributed by atoms with van der Waals surface area (Å²) in [6.45, 7) is 8.88. The van der Waals surface area contributed by atoms with E-state index in [1.54, 1.807) is 34.6 Å². The minimum absolute atomic E-state index is 0.438. The molecule has 1 saturated heterocycles. The van der Waals surface area contributed by atoms with E-state index in [-0.39, 0.29) is 0 Å². The molecule has 2 rings (SSSR count). The fourth-order valence-corrected chi connectivity index (χ4v) is 3.86. The van der Waals surface area contributed by atoms with Crippen molar-refractivity contribution in [3.63, 3.8) is 0 Å². The monoisotopic (exact) mass is 341 g/mol. The summed E-state index contributed by atoms with van der Waals surface area (Å²) in [5, 5.41) is 9.57. The van der Waals surface area contributed by atoms with Crippen molar-refractivity contribution in [2.75, 3.05) is 0 Å². The van der Waals surface area contributed by atoms with Crippen LogP contribution < -0.4 is 0 Å². The lowest BCUT2D eigenvalue weighted by Crippen LogP contribution is -2.51. The summed E-state index contributed by atoms with van der Waals surface area (Å²) in [7, 11) is 0. The average molecular weight is 341 g/mol. The van der Waals surface area contributed by atoms with Gasteiger partial charge >= 0.3 is 12.1 Å². The average Bonchev–Trinajstić information content (AvgIpc) is 2.69. The van der Waals surface area contributed by atoms with E-state index >= 15 is 0 Å². The van der Waals surface area contributed by atoms with Gasteiger partial charge in [0, 0.05) is 0 Å². The molecule has 138 valence electrons. The van der Waals surface area contributed by atoms with Gasteiger partial charge in [0.1, 0.15) is 11.3 Å². The van der Waals surface area contributed by atoms with Crippen molar-refractivity contribution < 1.29 is 24.2 Å². The van der Waals surface area contributed by atoms with Crippen LogP contribution >= 0.6 is 0 Å². The maximum absolute atomic E-state index is 12.7. The Kier molecular flexibility index (Phi) is 5.47. The molecule has 2 atom stereocenters. The van der Waals surface area contributed by atoms with E-state index in [2.05, 4.69) is 0 Å². The lowest BCUT2D eigenvalue weighted by atomic mass is 9.83. The molecule has 0 spiro atoms. The fraction of sp³-hybridized carbons (Fsp3) is 0.889. The Morgan fingerprint density at radius 2 is 1.79 bits per heavy atom. The van der Waals surface area contributed by atoms with Crippen LogP contribution in [-0.4, -0.2) is 45.5 Å². The Labute approximate surface area is 144 Å². The summed E-state index contributed by atoms with van der Waals surface area (Å²) in [5.74, 6) is -0.581. The number of carboxylic acid groups (broad SMARTS) is 1. The Morgan fingerprint density at radius 3 is 2.29 bits per heavy atom. The number of amides is 1. The van der Waals surface area contributed by atoms with Crippen molar-refractivity contribution in [1.82, 2.24) is 4.90 Å². The van der Waals surface area contributed by atoms with Gasteiger partial charge in [-0.3, -0.25) is 4.90 Å². The van der Waals surface area contributed by atoms with Crippen molar-refractivity contribution in [3.05, 3.63) is 0 Å². The predicted molar refractivity (Wildman–Crippen MR) is 89.6 cm³/mol. The predicted octanol–water partition coefficient (Wildman–Crippen LogP) is 3.78. The summed E-state index contributed by atoms with van der Waals surface area (Å²) in [6, 6.07) is -0.490. The maximum Gasteiger partial charge on any atom is 0.412 e. The van der Waals surface area contributed by atoms with Crippen LogP contribution in [0.25, 0.3) is 0 Å². The van der Waals surface area contributed by atoms with Crippen LogP contribution in [-0.2, 0) is 14.3 Å². The molecule has 1 heterocycles. The first-order valence-corrected chi connectivity index (χ1v) is 8.94. The number of ether oxygens (including phenoxy) is 2. The second-order valence-corrected chi connectivity index (χ2v) is 8.48. The van der Waals surface area contributed by atoms with Gasteiger partial charge in [-0.1, -0.05) is 32.1 Å². The number of aliphatic carboxylic acids is 1. The minimum atomic E-state index is -1.02. The third-order valence-electron chi connectivity index (χ3n) is 4.81.